The summed E-state index contributed by atoms with van der Waals surface area (Å²) in [7, 11) is 0. The molecule has 0 bridgehead atoms. The van der Waals surface area contributed by atoms with E-state index in [-0.39, 0.29) is 12.5 Å². The molecule has 1 atom stereocenters. The Morgan fingerprint density at radius 2 is 2.06 bits per heavy atom. The summed E-state index contributed by atoms with van der Waals surface area (Å²) in [5.74, 6) is -1.80. The number of halogens is 4. The number of anilines is 1. The fraction of sp³-hybridized carbons (Fsp3) is 0.364. The van der Waals surface area contributed by atoms with E-state index in [0.29, 0.717) is 10.1 Å². The Labute approximate surface area is 110 Å². The lowest BCUT2D eigenvalue weighted by Gasteiger charge is -2.18. The first-order valence-corrected chi connectivity index (χ1v) is 6.51. The van der Waals surface area contributed by atoms with Crippen molar-refractivity contribution in [2.75, 3.05) is 15.9 Å². The third kappa shape index (κ3) is 2.27. The first-order valence-electron chi connectivity index (χ1n) is 4.98. The zero-order valence-corrected chi connectivity index (χ0v) is 10.8. The largest absolute Gasteiger partial charge is 0.471 e. The molecule has 1 heterocycles. The number of benzene rings is 1. The molecule has 92 valence electrons. The second-order valence-electron chi connectivity index (χ2n) is 3.82. The van der Waals surface area contributed by atoms with Gasteiger partial charge in [-0.1, -0.05) is 40.8 Å². The third-order valence-corrected chi connectivity index (χ3v) is 3.81. The molecule has 0 aromatic heterocycles. The van der Waals surface area contributed by atoms with Gasteiger partial charge in [-0.05, 0) is 11.6 Å². The lowest BCUT2D eigenvalue weighted by Crippen LogP contribution is -2.40. The molecular weight excluding hydrogens is 346 g/mol. The number of alkyl halides is 4. The Morgan fingerprint density at radius 1 is 1.41 bits per heavy atom. The van der Waals surface area contributed by atoms with Crippen LogP contribution in [0.1, 0.15) is 11.5 Å². The third-order valence-electron chi connectivity index (χ3n) is 2.74. The molecule has 2 rings (SSSR count). The number of para-hydroxylation sites is 1. The molecule has 2 nitrogen and oxygen atoms in total. The van der Waals surface area contributed by atoms with Gasteiger partial charge in [-0.15, -0.1) is 0 Å². The van der Waals surface area contributed by atoms with Gasteiger partial charge in [-0.25, -0.2) is 0 Å². The number of amides is 1. The molecule has 1 unspecified atom stereocenters. The molecular formula is C11H9F3INO. The van der Waals surface area contributed by atoms with Gasteiger partial charge < -0.3 is 4.90 Å². The summed E-state index contributed by atoms with van der Waals surface area (Å²) in [4.78, 5) is 12.1. The van der Waals surface area contributed by atoms with Crippen LogP contribution in [0.3, 0.4) is 0 Å². The summed E-state index contributed by atoms with van der Waals surface area (Å²) in [5.41, 5.74) is 1.20. The van der Waals surface area contributed by atoms with Gasteiger partial charge in [0.1, 0.15) is 0 Å². The van der Waals surface area contributed by atoms with E-state index in [1.165, 1.54) is 0 Å². The Balaban J connectivity index is 2.38. The minimum absolute atomic E-state index is 0.0156. The lowest BCUT2D eigenvalue weighted by molar-refractivity contribution is -0.170. The van der Waals surface area contributed by atoms with E-state index in [1.54, 1.807) is 24.3 Å². The van der Waals surface area contributed by atoms with Gasteiger partial charge in [0.2, 0.25) is 0 Å². The van der Waals surface area contributed by atoms with Crippen LogP contribution < -0.4 is 4.90 Å². The Bertz CT molecular complexity index is 447. The number of fused-ring (bicyclic) bond motifs is 1. The van der Waals surface area contributed by atoms with Gasteiger partial charge in [0.25, 0.3) is 0 Å². The highest BCUT2D eigenvalue weighted by molar-refractivity contribution is 14.1. The van der Waals surface area contributed by atoms with E-state index < -0.39 is 12.1 Å². The predicted molar refractivity (Wildman–Crippen MR) is 66.5 cm³/mol. The van der Waals surface area contributed by atoms with Gasteiger partial charge in [0, 0.05) is 22.6 Å². The van der Waals surface area contributed by atoms with E-state index in [0.717, 1.165) is 10.5 Å². The van der Waals surface area contributed by atoms with Crippen LogP contribution in [0, 0.1) is 0 Å². The number of hydrogen-bond donors (Lipinski definition) is 0. The van der Waals surface area contributed by atoms with E-state index in [9.17, 15) is 18.0 Å². The topological polar surface area (TPSA) is 20.3 Å². The first kappa shape index (κ1) is 12.7. The van der Waals surface area contributed by atoms with Crippen LogP contribution in [0.4, 0.5) is 18.9 Å². The normalized spacial score (nSPS) is 19.3. The molecule has 0 saturated heterocycles. The Kier molecular flexibility index (Phi) is 3.33. The van der Waals surface area contributed by atoms with Gasteiger partial charge >= 0.3 is 12.1 Å². The fourth-order valence-electron chi connectivity index (χ4n) is 1.97. The fourth-order valence-corrected chi connectivity index (χ4v) is 2.73. The van der Waals surface area contributed by atoms with E-state index in [4.69, 9.17) is 0 Å². The summed E-state index contributed by atoms with van der Waals surface area (Å²) in [6.07, 6.45) is -4.81. The molecule has 0 spiro atoms. The second-order valence-corrected chi connectivity index (χ2v) is 4.70. The number of carbonyl (C=O) groups is 1. The Hall–Kier alpha value is -0.790. The van der Waals surface area contributed by atoms with Crippen molar-refractivity contribution in [2.24, 2.45) is 0 Å². The first-order chi connectivity index (χ1) is 7.95. The molecule has 0 N–H and O–H groups in total. The van der Waals surface area contributed by atoms with E-state index in [1.807, 2.05) is 0 Å². The molecule has 0 aliphatic carbocycles. The van der Waals surface area contributed by atoms with Crippen LogP contribution in [-0.2, 0) is 4.79 Å². The molecule has 0 saturated carbocycles. The second kappa shape index (κ2) is 4.47. The lowest BCUT2D eigenvalue weighted by atomic mass is 10.0. The highest BCUT2D eigenvalue weighted by Gasteiger charge is 2.46. The number of hydrogen-bond acceptors (Lipinski definition) is 1. The van der Waals surface area contributed by atoms with Gasteiger partial charge in [-0.3, -0.25) is 4.79 Å². The molecule has 1 aromatic carbocycles. The highest BCUT2D eigenvalue weighted by Crippen LogP contribution is 2.38. The quantitative estimate of drug-likeness (QED) is 0.560. The van der Waals surface area contributed by atoms with Crippen molar-refractivity contribution in [3.63, 3.8) is 0 Å². The summed E-state index contributed by atoms with van der Waals surface area (Å²) in [6.45, 7) is 0.112. The highest BCUT2D eigenvalue weighted by atomic mass is 127. The van der Waals surface area contributed by atoms with Crippen LogP contribution in [0.5, 0.6) is 0 Å². The summed E-state index contributed by atoms with van der Waals surface area (Å²) in [6, 6.07) is 6.76. The van der Waals surface area contributed by atoms with Crippen molar-refractivity contribution in [3.8, 4) is 0 Å². The standard InChI is InChI=1S/C11H9F3INO/c12-11(13,14)10(17)16-6-7(5-15)8-3-1-2-4-9(8)16/h1-4,7H,5-6H2. The smallest absolute Gasteiger partial charge is 0.304 e. The molecule has 0 fully saturated rings. The molecule has 6 heteroatoms. The van der Waals surface area contributed by atoms with Crippen molar-refractivity contribution >= 4 is 34.2 Å². The van der Waals surface area contributed by atoms with Gasteiger partial charge in [0.05, 0.1) is 0 Å². The van der Waals surface area contributed by atoms with Crippen LogP contribution in [0.25, 0.3) is 0 Å². The van der Waals surface area contributed by atoms with Crippen LogP contribution >= 0.6 is 22.6 Å². The van der Waals surface area contributed by atoms with Crippen molar-refractivity contribution in [3.05, 3.63) is 29.8 Å². The minimum Gasteiger partial charge on any atom is -0.304 e. The Morgan fingerprint density at radius 3 is 2.65 bits per heavy atom. The summed E-state index contributed by atoms with van der Waals surface area (Å²) >= 11 is 2.12. The van der Waals surface area contributed by atoms with Gasteiger partial charge in [0.15, 0.2) is 0 Å². The minimum atomic E-state index is -4.81. The number of nitrogens with zero attached hydrogens (tertiary/aromatic N) is 1. The summed E-state index contributed by atoms with van der Waals surface area (Å²) in [5, 5.41) is 0. The van der Waals surface area contributed by atoms with Crippen LogP contribution in [0.2, 0.25) is 0 Å². The average molecular weight is 355 g/mol. The van der Waals surface area contributed by atoms with Crippen molar-refractivity contribution in [1.29, 1.82) is 0 Å². The zero-order valence-electron chi connectivity index (χ0n) is 8.67. The zero-order chi connectivity index (χ0) is 12.6. The number of rotatable bonds is 1. The molecule has 1 aliphatic rings. The summed E-state index contributed by atoms with van der Waals surface area (Å²) < 4.78 is 38.0. The maximum Gasteiger partial charge on any atom is 0.471 e. The maximum atomic E-state index is 12.4. The number of carbonyl (C=O) groups excluding carboxylic acids is 1. The monoisotopic (exact) mass is 355 g/mol. The predicted octanol–water partition coefficient (Wildman–Crippen LogP) is 3.11. The molecule has 1 aliphatic heterocycles. The van der Waals surface area contributed by atoms with E-state index >= 15 is 0 Å². The van der Waals surface area contributed by atoms with Crippen molar-refractivity contribution in [1.82, 2.24) is 0 Å². The average Bonchev–Trinajstić information content (AvgIpc) is 2.65. The molecule has 17 heavy (non-hydrogen) atoms. The van der Waals surface area contributed by atoms with Crippen LogP contribution in [0.15, 0.2) is 24.3 Å². The van der Waals surface area contributed by atoms with Crippen molar-refractivity contribution < 1.29 is 18.0 Å². The van der Waals surface area contributed by atoms with E-state index in [2.05, 4.69) is 22.6 Å². The maximum absolute atomic E-state index is 12.4. The van der Waals surface area contributed by atoms with Crippen molar-refractivity contribution in [2.45, 2.75) is 12.1 Å². The van der Waals surface area contributed by atoms with Gasteiger partial charge in [-0.2, -0.15) is 13.2 Å². The molecule has 1 amide bonds. The molecule has 1 aromatic rings. The SMILES string of the molecule is O=C(N1CC(CI)c2ccccc21)C(F)(F)F. The van der Waals surface area contributed by atoms with Crippen LogP contribution in [-0.4, -0.2) is 23.1 Å². The molecule has 0 radical (unpaired) electrons.